The van der Waals surface area contributed by atoms with Crippen molar-refractivity contribution >= 4 is 22.9 Å². The molecule has 0 aromatic carbocycles. The number of alkyl halides is 1. The summed E-state index contributed by atoms with van der Waals surface area (Å²) in [5.74, 6) is 0.737. The number of halogens is 1. The van der Waals surface area contributed by atoms with Crippen LogP contribution in [-0.2, 0) is 6.42 Å². The first kappa shape index (κ1) is 10.2. The van der Waals surface area contributed by atoms with Crippen molar-refractivity contribution in [1.29, 1.82) is 0 Å². The lowest BCUT2D eigenvalue weighted by Crippen LogP contribution is -1.76. The summed E-state index contributed by atoms with van der Waals surface area (Å²) in [6.07, 6.45) is 3.89. The van der Waals surface area contributed by atoms with Crippen LogP contribution in [0.2, 0.25) is 0 Å². The maximum absolute atomic E-state index is 5.50. The Morgan fingerprint density at radius 1 is 1.54 bits per heavy atom. The third kappa shape index (κ3) is 4.65. The van der Waals surface area contributed by atoms with E-state index in [-0.39, 0.29) is 0 Å². The number of hydrogen-bond donors (Lipinski definition) is 0. The first-order chi connectivity index (χ1) is 6.43. The second-order valence-corrected chi connectivity index (χ2v) is 3.52. The van der Waals surface area contributed by atoms with Crippen molar-refractivity contribution in [2.45, 2.75) is 6.42 Å². The molecule has 0 fully saturated rings. The van der Waals surface area contributed by atoms with E-state index in [1.165, 1.54) is 17.3 Å². The molecule has 0 saturated carbocycles. The topological polar surface area (TPSA) is 38.9 Å². The predicted octanol–water partition coefficient (Wildman–Crippen LogP) is 2.60. The van der Waals surface area contributed by atoms with Crippen LogP contribution in [0.4, 0.5) is 0 Å². The Balaban J connectivity index is 0.000000145. The number of hydrogen-bond acceptors (Lipinski definition) is 4. The monoisotopic (exact) mass is 216 g/mol. The van der Waals surface area contributed by atoms with Crippen molar-refractivity contribution < 1.29 is 4.52 Å². The van der Waals surface area contributed by atoms with Crippen LogP contribution in [-0.4, -0.2) is 16.3 Å². The van der Waals surface area contributed by atoms with Gasteiger partial charge in [0, 0.05) is 16.0 Å². The van der Waals surface area contributed by atoms with Crippen molar-refractivity contribution in [2.24, 2.45) is 0 Å². The molecule has 2 heterocycles. The van der Waals surface area contributed by atoms with Gasteiger partial charge in [-0.3, -0.25) is 0 Å². The third-order valence-electron chi connectivity index (χ3n) is 1.20. The van der Waals surface area contributed by atoms with Crippen molar-refractivity contribution in [2.75, 3.05) is 5.88 Å². The zero-order valence-electron chi connectivity index (χ0n) is 6.89. The van der Waals surface area contributed by atoms with Crippen LogP contribution in [0.3, 0.4) is 0 Å². The van der Waals surface area contributed by atoms with Gasteiger partial charge >= 0.3 is 0 Å². The minimum Gasteiger partial charge on any atom is -0.346 e. The zero-order chi connectivity index (χ0) is 9.36. The lowest BCUT2D eigenvalue weighted by molar-refractivity contribution is 0.393. The van der Waals surface area contributed by atoms with Gasteiger partial charge in [-0.2, -0.15) is 0 Å². The molecule has 2 aromatic heterocycles. The summed E-state index contributed by atoms with van der Waals surface area (Å²) in [6, 6.07) is 4.15. The second kappa shape index (κ2) is 6.62. The Bertz CT molecular complexity index is 266. The number of nitrogens with zero attached hydrogens (tertiary/aromatic N) is 2. The molecule has 5 heteroatoms. The highest BCUT2D eigenvalue weighted by Crippen LogP contribution is 2.08. The first-order valence-electron chi connectivity index (χ1n) is 3.73. The molecule has 0 N–H and O–H groups in total. The van der Waals surface area contributed by atoms with Crippen molar-refractivity contribution in [1.82, 2.24) is 10.4 Å². The number of aryl methyl sites for hydroxylation is 1. The Kier molecular flexibility index (Phi) is 5.20. The Morgan fingerprint density at radius 2 is 2.46 bits per heavy atom. The summed E-state index contributed by atoms with van der Waals surface area (Å²) in [4.78, 5) is 1.38. The minimum absolute atomic E-state index is 0.737. The van der Waals surface area contributed by atoms with E-state index in [4.69, 9.17) is 11.6 Å². The Morgan fingerprint density at radius 3 is 2.85 bits per heavy atom. The molecule has 0 radical (unpaired) electrons. The minimum atomic E-state index is 0.737. The average molecular weight is 217 g/mol. The predicted molar refractivity (Wildman–Crippen MR) is 53.0 cm³/mol. The highest BCUT2D eigenvalue weighted by atomic mass is 35.5. The molecule has 70 valence electrons. The van der Waals surface area contributed by atoms with E-state index in [9.17, 15) is 0 Å². The van der Waals surface area contributed by atoms with E-state index >= 15 is 0 Å². The second-order valence-electron chi connectivity index (χ2n) is 2.11. The summed E-state index contributed by atoms with van der Waals surface area (Å²) in [7, 11) is 0. The molecule has 2 rings (SSSR count). The van der Waals surface area contributed by atoms with Crippen LogP contribution in [0.15, 0.2) is 34.5 Å². The average Bonchev–Trinajstić information content (AvgIpc) is 2.79. The maximum Gasteiger partial charge on any atom is 0.144 e. The van der Waals surface area contributed by atoms with E-state index in [1.54, 1.807) is 11.3 Å². The Labute approximate surface area is 85.3 Å². The molecule has 13 heavy (non-hydrogen) atoms. The highest BCUT2D eigenvalue weighted by molar-refractivity contribution is 7.09. The highest BCUT2D eigenvalue weighted by Gasteiger charge is 1.88. The van der Waals surface area contributed by atoms with E-state index in [1.807, 2.05) is 6.07 Å². The van der Waals surface area contributed by atoms with Gasteiger partial charge in [0.1, 0.15) is 6.26 Å². The molecular formula is C8H9ClN2OS. The fraction of sp³-hybridized carbons (Fsp3) is 0.250. The molecule has 0 bridgehead atoms. The van der Waals surface area contributed by atoms with E-state index in [0.29, 0.717) is 0 Å². The molecule has 0 unspecified atom stereocenters. The van der Waals surface area contributed by atoms with Gasteiger partial charge in [0.25, 0.3) is 0 Å². The van der Waals surface area contributed by atoms with Crippen LogP contribution in [0, 0.1) is 0 Å². The Hall–Kier alpha value is -0.870. The summed E-state index contributed by atoms with van der Waals surface area (Å²) < 4.78 is 4.22. The number of aromatic nitrogens is 2. The number of rotatable bonds is 2. The lowest BCUT2D eigenvalue weighted by Gasteiger charge is -1.84. The summed E-state index contributed by atoms with van der Waals surface area (Å²) in [5, 5.41) is 8.47. The van der Waals surface area contributed by atoms with E-state index in [2.05, 4.69) is 26.3 Å². The van der Waals surface area contributed by atoms with Gasteiger partial charge in [-0.15, -0.1) is 28.0 Å². The van der Waals surface area contributed by atoms with Crippen LogP contribution < -0.4 is 0 Å². The molecule has 0 aliphatic heterocycles. The lowest BCUT2D eigenvalue weighted by atomic mass is 10.4. The zero-order valence-corrected chi connectivity index (χ0v) is 8.46. The SMILES string of the molecule is ClCCc1cccs1.c1conn1. The van der Waals surface area contributed by atoms with Crippen molar-refractivity contribution in [3.8, 4) is 0 Å². The summed E-state index contributed by atoms with van der Waals surface area (Å²) in [6.45, 7) is 0. The molecular weight excluding hydrogens is 208 g/mol. The van der Waals surface area contributed by atoms with Gasteiger partial charge in [0.15, 0.2) is 0 Å². The van der Waals surface area contributed by atoms with Gasteiger partial charge in [-0.25, -0.2) is 0 Å². The molecule has 0 spiro atoms. The summed E-state index contributed by atoms with van der Waals surface area (Å²) in [5.41, 5.74) is 0. The molecule has 3 nitrogen and oxygen atoms in total. The molecule has 0 saturated heterocycles. The van der Waals surface area contributed by atoms with Crippen LogP contribution in [0.25, 0.3) is 0 Å². The first-order valence-corrected chi connectivity index (χ1v) is 5.14. The van der Waals surface area contributed by atoms with Crippen LogP contribution in [0.5, 0.6) is 0 Å². The van der Waals surface area contributed by atoms with Gasteiger partial charge in [-0.05, 0) is 17.9 Å². The number of thiophene rings is 1. The molecule has 0 aliphatic rings. The quantitative estimate of drug-likeness (QED) is 0.725. The normalized spacial score (nSPS) is 9.00. The fourth-order valence-corrected chi connectivity index (χ4v) is 1.71. The van der Waals surface area contributed by atoms with Crippen molar-refractivity contribution in [3.63, 3.8) is 0 Å². The molecule has 0 atom stereocenters. The largest absolute Gasteiger partial charge is 0.346 e. The standard InChI is InChI=1S/C6H7ClS.C2H2N2O/c7-4-3-6-2-1-5-8-6;1-2-5-4-3-1/h1-2,5H,3-4H2;1-2H. The maximum atomic E-state index is 5.50. The van der Waals surface area contributed by atoms with E-state index in [0.717, 1.165) is 12.3 Å². The van der Waals surface area contributed by atoms with Crippen molar-refractivity contribution in [3.05, 3.63) is 34.8 Å². The third-order valence-corrected chi connectivity index (χ3v) is 2.33. The van der Waals surface area contributed by atoms with Crippen LogP contribution in [0.1, 0.15) is 4.88 Å². The smallest absolute Gasteiger partial charge is 0.144 e. The van der Waals surface area contributed by atoms with Gasteiger partial charge in [0.2, 0.25) is 0 Å². The van der Waals surface area contributed by atoms with Gasteiger partial charge in [-0.1, -0.05) is 6.07 Å². The molecule has 0 aliphatic carbocycles. The molecule has 0 amide bonds. The van der Waals surface area contributed by atoms with Crippen LogP contribution >= 0.6 is 22.9 Å². The molecule has 2 aromatic rings. The van der Waals surface area contributed by atoms with Gasteiger partial charge < -0.3 is 4.52 Å². The van der Waals surface area contributed by atoms with Gasteiger partial charge in [0.05, 0.1) is 6.20 Å². The summed E-state index contributed by atoms with van der Waals surface area (Å²) >= 11 is 7.26. The fourth-order valence-electron chi connectivity index (χ4n) is 0.684. The van der Waals surface area contributed by atoms with E-state index < -0.39 is 0 Å².